The minimum absolute atomic E-state index is 0.133. The van der Waals surface area contributed by atoms with Crippen LogP contribution in [-0.2, 0) is 0 Å². The molecule has 1 N–H and O–H groups in total. The average Bonchev–Trinajstić information content (AvgIpc) is 2.46. The Kier molecular flexibility index (Phi) is 4.49. The summed E-state index contributed by atoms with van der Waals surface area (Å²) in [6.07, 6.45) is -0.903. The molecule has 0 aliphatic carbocycles. The molecular formula is C15H14FNO4. The van der Waals surface area contributed by atoms with E-state index in [1.54, 1.807) is 12.1 Å². The van der Waals surface area contributed by atoms with Gasteiger partial charge < -0.3 is 9.84 Å². The molecule has 0 saturated carbocycles. The van der Waals surface area contributed by atoms with Gasteiger partial charge in [0, 0.05) is 6.07 Å². The van der Waals surface area contributed by atoms with Gasteiger partial charge in [-0.2, -0.15) is 0 Å². The lowest BCUT2D eigenvalue weighted by Gasteiger charge is -2.13. The van der Waals surface area contributed by atoms with Crippen LogP contribution in [0.4, 0.5) is 10.1 Å². The molecule has 1 unspecified atom stereocenters. The van der Waals surface area contributed by atoms with E-state index in [1.165, 1.54) is 6.07 Å². The monoisotopic (exact) mass is 291 g/mol. The van der Waals surface area contributed by atoms with Crippen molar-refractivity contribution in [2.24, 2.45) is 0 Å². The highest BCUT2D eigenvalue weighted by Crippen LogP contribution is 2.24. The Labute approximate surface area is 120 Å². The fourth-order valence-electron chi connectivity index (χ4n) is 1.77. The summed E-state index contributed by atoms with van der Waals surface area (Å²) in [7, 11) is 0. The third-order valence-electron chi connectivity index (χ3n) is 2.99. The first-order valence-corrected chi connectivity index (χ1v) is 6.29. The Morgan fingerprint density at radius 2 is 1.95 bits per heavy atom. The van der Waals surface area contributed by atoms with Crippen LogP contribution in [0.15, 0.2) is 42.5 Å². The predicted molar refractivity (Wildman–Crippen MR) is 74.7 cm³/mol. The number of aryl methyl sites for hydroxylation is 1. The number of nitro groups is 1. The van der Waals surface area contributed by atoms with E-state index in [9.17, 15) is 19.6 Å². The molecule has 0 radical (unpaired) electrons. The SMILES string of the molecule is Cc1ccc(C(O)COc2ccc([N+](=O)[O-])cc2F)cc1. The fraction of sp³-hybridized carbons (Fsp3) is 0.200. The van der Waals surface area contributed by atoms with Gasteiger partial charge in [0.05, 0.1) is 11.0 Å². The van der Waals surface area contributed by atoms with Crippen molar-refractivity contribution in [3.8, 4) is 5.75 Å². The molecule has 0 aliphatic heterocycles. The predicted octanol–water partition coefficient (Wildman–Crippen LogP) is 3.15. The molecule has 0 aliphatic rings. The second-order valence-electron chi connectivity index (χ2n) is 4.61. The van der Waals surface area contributed by atoms with Crippen LogP contribution in [0.5, 0.6) is 5.75 Å². The van der Waals surface area contributed by atoms with Crippen molar-refractivity contribution in [2.75, 3.05) is 6.61 Å². The maximum absolute atomic E-state index is 13.6. The van der Waals surface area contributed by atoms with Gasteiger partial charge in [0.2, 0.25) is 0 Å². The second-order valence-corrected chi connectivity index (χ2v) is 4.61. The summed E-state index contributed by atoms with van der Waals surface area (Å²) in [6, 6.07) is 10.3. The van der Waals surface area contributed by atoms with Crippen LogP contribution in [0.25, 0.3) is 0 Å². The second kappa shape index (κ2) is 6.32. The number of aliphatic hydroxyl groups is 1. The molecule has 0 saturated heterocycles. The number of non-ortho nitro benzene ring substituents is 1. The number of hydrogen-bond acceptors (Lipinski definition) is 4. The lowest BCUT2D eigenvalue weighted by molar-refractivity contribution is -0.385. The maximum atomic E-state index is 13.6. The Hall–Kier alpha value is -2.47. The largest absolute Gasteiger partial charge is 0.487 e. The van der Waals surface area contributed by atoms with Gasteiger partial charge in [-0.15, -0.1) is 0 Å². The van der Waals surface area contributed by atoms with Crippen LogP contribution < -0.4 is 4.74 Å². The van der Waals surface area contributed by atoms with Gasteiger partial charge in [0.15, 0.2) is 11.6 Å². The standard InChI is InChI=1S/C15H14FNO4/c1-10-2-4-11(5-3-10)14(18)9-21-15-7-6-12(17(19)20)8-13(15)16/h2-8,14,18H,9H2,1H3. The van der Waals surface area contributed by atoms with Crippen molar-refractivity contribution in [3.05, 3.63) is 69.5 Å². The molecule has 0 bridgehead atoms. The summed E-state index contributed by atoms with van der Waals surface area (Å²) < 4.78 is 18.8. The van der Waals surface area contributed by atoms with Gasteiger partial charge in [-0.25, -0.2) is 4.39 Å². The summed E-state index contributed by atoms with van der Waals surface area (Å²) >= 11 is 0. The van der Waals surface area contributed by atoms with Crippen molar-refractivity contribution < 1.29 is 19.2 Å². The molecule has 1 atom stereocenters. The number of rotatable bonds is 5. The lowest BCUT2D eigenvalue weighted by Crippen LogP contribution is -2.10. The minimum Gasteiger partial charge on any atom is -0.487 e. The van der Waals surface area contributed by atoms with Crippen LogP contribution in [0.3, 0.4) is 0 Å². The van der Waals surface area contributed by atoms with Gasteiger partial charge in [0.25, 0.3) is 5.69 Å². The van der Waals surface area contributed by atoms with Crippen molar-refractivity contribution in [1.82, 2.24) is 0 Å². The molecule has 0 amide bonds. The lowest BCUT2D eigenvalue weighted by atomic mass is 10.1. The summed E-state index contributed by atoms with van der Waals surface area (Å²) in [5.41, 5.74) is 1.37. The average molecular weight is 291 g/mol. The number of hydrogen-bond donors (Lipinski definition) is 1. The number of nitro benzene ring substituents is 1. The van der Waals surface area contributed by atoms with Crippen molar-refractivity contribution in [2.45, 2.75) is 13.0 Å². The zero-order valence-corrected chi connectivity index (χ0v) is 11.3. The van der Waals surface area contributed by atoms with E-state index in [0.717, 1.165) is 17.7 Å². The smallest absolute Gasteiger partial charge is 0.272 e. The Morgan fingerprint density at radius 1 is 1.29 bits per heavy atom. The number of aliphatic hydroxyl groups excluding tert-OH is 1. The molecule has 6 heteroatoms. The molecule has 0 aromatic heterocycles. The minimum atomic E-state index is -0.903. The van der Waals surface area contributed by atoms with Crippen LogP contribution >= 0.6 is 0 Å². The van der Waals surface area contributed by atoms with Gasteiger partial charge in [-0.05, 0) is 18.6 Å². The highest BCUT2D eigenvalue weighted by Gasteiger charge is 2.14. The first kappa shape index (κ1) is 14.9. The molecule has 0 heterocycles. The zero-order valence-electron chi connectivity index (χ0n) is 11.3. The van der Waals surface area contributed by atoms with E-state index in [4.69, 9.17) is 4.74 Å². The van der Waals surface area contributed by atoms with Crippen LogP contribution in [0, 0.1) is 22.9 Å². The molecule has 0 spiro atoms. The number of halogens is 1. The van der Waals surface area contributed by atoms with Crippen LogP contribution in [-0.4, -0.2) is 16.6 Å². The molecule has 0 fully saturated rings. The maximum Gasteiger partial charge on any atom is 0.272 e. The summed E-state index contributed by atoms with van der Waals surface area (Å²) in [4.78, 5) is 9.81. The molecular weight excluding hydrogens is 277 g/mol. The van der Waals surface area contributed by atoms with Gasteiger partial charge in [-0.3, -0.25) is 10.1 Å². The third-order valence-corrected chi connectivity index (χ3v) is 2.99. The van der Waals surface area contributed by atoms with E-state index < -0.39 is 16.8 Å². The number of benzene rings is 2. The summed E-state index contributed by atoms with van der Waals surface area (Å²) in [6.45, 7) is 1.79. The first-order valence-electron chi connectivity index (χ1n) is 6.29. The van der Waals surface area contributed by atoms with E-state index in [0.29, 0.717) is 5.56 Å². The van der Waals surface area contributed by atoms with Gasteiger partial charge in [-0.1, -0.05) is 29.8 Å². The number of ether oxygens (including phenoxy) is 1. The summed E-state index contributed by atoms with van der Waals surface area (Å²) in [5.74, 6) is -0.966. The zero-order chi connectivity index (χ0) is 15.4. The van der Waals surface area contributed by atoms with Crippen molar-refractivity contribution in [3.63, 3.8) is 0 Å². The van der Waals surface area contributed by atoms with E-state index in [-0.39, 0.29) is 18.0 Å². The number of nitrogens with zero attached hydrogens (tertiary/aromatic N) is 1. The van der Waals surface area contributed by atoms with Gasteiger partial charge in [0.1, 0.15) is 12.7 Å². The third kappa shape index (κ3) is 3.76. The quantitative estimate of drug-likeness (QED) is 0.678. The fourth-order valence-corrected chi connectivity index (χ4v) is 1.77. The van der Waals surface area contributed by atoms with Crippen molar-refractivity contribution in [1.29, 1.82) is 0 Å². The van der Waals surface area contributed by atoms with Crippen LogP contribution in [0.2, 0.25) is 0 Å². The molecule has 21 heavy (non-hydrogen) atoms. The molecule has 2 aromatic carbocycles. The normalized spacial score (nSPS) is 12.0. The van der Waals surface area contributed by atoms with E-state index in [2.05, 4.69) is 0 Å². The molecule has 2 rings (SSSR count). The molecule has 110 valence electrons. The molecule has 2 aromatic rings. The Bertz CT molecular complexity index is 643. The topological polar surface area (TPSA) is 72.6 Å². The summed E-state index contributed by atoms with van der Waals surface area (Å²) in [5, 5.41) is 20.5. The van der Waals surface area contributed by atoms with E-state index in [1.807, 2.05) is 19.1 Å². The first-order chi connectivity index (χ1) is 9.97. The van der Waals surface area contributed by atoms with Gasteiger partial charge >= 0.3 is 0 Å². The van der Waals surface area contributed by atoms with Crippen molar-refractivity contribution >= 4 is 5.69 Å². The Balaban J connectivity index is 2.02. The Morgan fingerprint density at radius 3 is 2.52 bits per heavy atom. The highest BCUT2D eigenvalue weighted by atomic mass is 19.1. The highest BCUT2D eigenvalue weighted by molar-refractivity contribution is 5.37. The molecule has 5 nitrogen and oxygen atoms in total. The van der Waals surface area contributed by atoms with E-state index >= 15 is 0 Å². The van der Waals surface area contributed by atoms with Crippen LogP contribution in [0.1, 0.15) is 17.2 Å².